The van der Waals surface area contributed by atoms with Crippen molar-refractivity contribution in [3.05, 3.63) is 29.6 Å². The minimum absolute atomic E-state index is 0.156. The van der Waals surface area contributed by atoms with Crippen LogP contribution in [0.4, 0.5) is 10.1 Å². The molecule has 0 aromatic heterocycles. The average molecular weight is 264 g/mol. The van der Waals surface area contributed by atoms with Crippen molar-refractivity contribution in [2.45, 2.75) is 31.3 Å². The van der Waals surface area contributed by atoms with E-state index in [1.54, 1.807) is 19.2 Å². The largest absolute Gasteiger partial charge is 0.383 e. The van der Waals surface area contributed by atoms with Gasteiger partial charge in [-0.05, 0) is 37.0 Å². The highest BCUT2D eigenvalue weighted by atomic mass is 19.1. The summed E-state index contributed by atoms with van der Waals surface area (Å²) in [5.41, 5.74) is 2.29. The number of nitrogens with one attached hydrogen (secondary N) is 1. The summed E-state index contributed by atoms with van der Waals surface area (Å²) in [4.78, 5) is 2.29. The lowest BCUT2D eigenvalue weighted by atomic mass is 10.1. The van der Waals surface area contributed by atoms with Crippen molar-refractivity contribution >= 4 is 5.69 Å². The Labute approximate surface area is 113 Å². The summed E-state index contributed by atoms with van der Waals surface area (Å²) >= 11 is 0. The van der Waals surface area contributed by atoms with Crippen LogP contribution in [0.3, 0.4) is 0 Å². The zero-order valence-corrected chi connectivity index (χ0v) is 11.4. The van der Waals surface area contributed by atoms with Gasteiger partial charge in [-0.15, -0.1) is 0 Å². The van der Waals surface area contributed by atoms with Crippen LogP contribution in [0.15, 0.2) is 18.2 Å². The first-order valence-electron chi connectivity index (χ1n) is 7.05. The average Bonchev–Trinajstić information content (AvgIpc) is 3.14. The van der Waals surface area contributed by atoms with Crippen molar-refractivity contribution in [1.82, 2.24) is 5.32 Å². The van der Waals surface area contributed by atoms with E-state index in [2.05, 4.69) is 10.2 Å². The molecule has 2 aliphatic rings. The first-order valence-corrected chi connectivity index (χ1v) is 7.05. The summed E-state index contributed by atoms with van der Waals surface area (Å²) in [7, 11) is 1.73. The number of ether oxygens (including phenoxy) is 1. The predicted molar refractivity (Wildman–Crippen MR) is 74.1 cm³/mol. The first kappa shape index (κ1) is 12.9. The number of anilines is 1. The maximum Gasteiger partial charge on any atom is 0.125 e. The summed E-state index contributed by atoms with van der Waals surface area (Å²) < 4.78 is 18.8. The second-order valence-electron chi connectivity index (χ2n) is 5.51. The van der Waals surface area contributed by atoms with Crippen LogP contribution in [0.5, 0.6) is 0 Å². The highest BCUT2D eigenvalue weighted by Crippen LogP contribution is 2.30. The van der Waals surface area contributed by atoms with Crippen molar-refractivity contribution < 1.29 is 9.13 Å². The van der Waals surface area contributed by atoms with E-state index < -0.39 is 0 Å². The molecule has 0 radical (unpaired) electrons. The van der Waals surface area contributed by atoms with E-state index in [1.165, 1.54) is 18.4 Å². The summed E-state index contributed by atoms with van der Waals surface area (Å²) in [6.45, 7) is 2.54. The minimum atomic E-state index is -0.156. The van der Waals surface area contributed by atoms with Crippen LogP contribution >= 0.6 is 0 Å². The van der Waals surface area contributed by atoms with Gasteiger partial charge in [0.15, 0.2) is 0 Å². The van der Waals surface area contributed by atoms with E-state index in [0.717, 1.165) is 25.2 Å². The number of halogens is 1. The fraction of sp³-hybridized carbons (Fsp3) is 0.600. The normalized spacial score (nSPS) is 19.6. The van der Waals surface area contributed by atoms with Crippen molar-refractivity contribution in [2.24, 2.45) is 0 Å². The fourth-order valence-electron chi connectivity index (χ4n) is 2.80. The topological polar surface area (TPSA) is 24.5 Å². The van der Waals surface area contributed by atoms with Crippen LogP contribution in [-0.4, -0.2) is 38.9 Å². The number of rotatable bonds is 6. The number of nitrogens with zero attached hydrogens (tertiary/aromatic N) is 1. The molecule has 1 aliphatic heterocycles. The molecule has 0 amide bonds. The van der Waals surface area contributed by atoms with Crippen molar-refractivity contribution in [3.8, 4) is 0 Å². The van der Waals surface area contributed by atoms with Crippen LogP contribution in [0.25, 0.3) is 0 Å². The quantitative estimate of drug-likeness (QED) is 0.850. The van der Waals surface area contributed by atoms with Gasteiger partial charge in [-0.3, -0.25) is 0 Å². The van der Waals surface area contributed by atoms with E-state index in [0.29, 0.717) is 12.6 Å². The number of methoxy groups -OCH3 is 1. The lowest BCUT2D eigenvalue weighted by molar-refractivity contribution is 0.175. The Morgan fingerprint density at radius 1 is 1.47 bits per heavy atom. The van der Waals surface area contributed by atoms with Gasteiger partial charge in [-0.1, -0.05) is 6.07 Å². The molecule has 3 nitrogen and oxygen atoms in total. The third-order valence-electron chi connectivity index (χ3n) is 4.00. The molecular formula is C15H21FN2O. The Balaban J connectivity index is 1.73. The van der Waals surface area contributed by atoms with E-state index in [4.69, 9.17) is 4.74 Å². The van der Waals surface area contributed by atoms with E-state index in [-0.39, 0.29) is 11.9 Å². The number of benzene rings is 1. The molecule has 1 fully saturated rings. The zero-order chi connectivity index (χ0) is 13.2. The van der Waals surface area contributed by atoms with E-state index >= 15 is 0 Å². The molecule has 1 saturated carbocycles. The fourth-order valence-corrected chi connectivity index (χ4v) is 2.80. The Morgan fingerprint density at radius 3 is 3.05 bits per heavy atom. The van der Waals surface area contributed by atoms with Gasteiger partial charge in [0.1, 0.15) is 5.82 Å². The number of hydrogen-bond acceptors (Lipinski definition) is 3. The van der Waals surface area contributed by atoms with Gasteiger partial charge >= 0.3 is 0 Å². The smallest absolute Gasteiger partial charge is 0.125 e. The van der Waals surface area contributed by atoms with Crippen molar-refractivity contribution in [1.29, 1.82) is 0 Å². The molecule has 1 aromatic carbocycles. The van der Waals surface area contributed by atoms with Crippen LogP contribution in [0, 0.1) is 5.82 Å². The van der Waals surface area contributed by atoms with Crippen molar-refractivity contribution in [3.63, 3.8) is 0 Å². The summed E-state index contributed by atoms with van der Waals surface area (Å²) in [5, 5.41) is 3.55. The molecule has 4 heteroatoms. The molecule has 104 valence electrons. The second kappa shape index (κ2) is 5.47. The number of hydrogen-bond donors (Lipinski definition) is 1. The van der Waals surface area contributed by atoms with Gasteiger partial charge in [-0.2, -0.15) is 0 Å². The minimum Gasteiger partial charge on any atom is -0.383 e. The molecule has 0 saturated heterocycles. The molecule has 1 N–H and O–H groups in total. The third-order valence-corrected chi connectivity index (χ3v) is 4.00. The molecule has 3 rings (SSSR count). The van der Waals surface area contributed by atoms with Gasteiger partial charge in [0, 0.05) is 31.9 Å². The van der Waals surface area contributed by atoms with Crippen LogP contribution < -0.4 is 10.2 Å². The molecule has 19 heavy (non-hydrogen) atoms. The molecule has 1 aliphatic carbocycles. The maximum absolute atomic E-state index is 13.4. The van der Waals surface area contributed by atoms with Gasteiger partial charge < -0.3 is 15.0 Å². The Morgan fingerprint density at radius 2 is 2.32 bits per heavy atom. The Bertz CT molecular complexity index is 448. The first-order chi connectivity index (χ1) is 9.28. The summed E-state index contributed by atoms with van der Waals surface area (Å²) in [5.74, 6) is -0.156. The molecule has 1 atom stereocenters. The summed E-state index contributed by atoms with van der Waals surface area (Å²) in [6.07, 6.45) is 3.56. The van der Waals surface area contributed by atoms with Crippen LogP contribution in [0.2, 0.25) is 0 Å². The molecule has 0 bridgehead atoms. The highest BCUT2D eigenvalue weighted by molar-refractivity contribution is 5.59. The van der Waals surface area contributed by atoms with Gasteiger partial charge in [0.2, 0.25) is 0 Å². The van der Waals surface area contributed by atoms with Crippen LogP contribution in [-0.2, 0) is 11.2 Å². The summed E-state index contributed by atoms with van der Waals surface area (Å²) in [6, 6.07) is 6.09. The van der Waals surface area contributed by atoms with Crippen molar-refractivity contribution in [2.75, 3.05) is 31.7 Å². The molecule has 1 heterocycles. The molecular weight excluding hydrogens is 243 g/mol. The Kier molecular flexibility index (Phi) is 3.71. The van der Waals surface area contributed by atoms with Gasteiger partial charge in [0.05, 0.1) is 12.6 Å². The van der Waals surface area contributed by atoms with Gasteiger partial charge in [-0.25, -0.2) is 4.39 Å². The highest BCUT2D eigenvalue weighted by Gasteiger charge is 2.28. The third kappa shape index (κ3) is 2.90. The molecule has 1 unspecified atom stereocenters. The maximum atomic E-state index is 13.4. The zero-order valence-electron chi connectivity index (χ0n) is 11.4. The molecule has 1 aromatic rings. The predicted octanol–water partition coefficient (Wildman–Crippen LogP) is 1.96. The molecule has 0 spiro atoms. The lowest BCUT2D eigenvalue weighted by Crippen LogP contribution is -2.45. The Hall–Kier alpha value is -1.13. The standard InChI is InChI=1S/C15H21FN2O/c1-19-10-14(9-17-13-4-5-13)18-7-6-11-2-3-12(16)8-15(11)18/h2-3,8,13-14,17H,4-7,9-10H2,1H3. The monoisotopic (exact) mass is 264 g/mol. The van der Waals surface area contributed by atoms with Crippen LogP contribution in [0.1, 0.15) is 18.4 Å². The van der Waals surface area contributed by atoms with Gasteiger partial charge in [0.25, 0.3) is 0 Å². The van der Waals surface area contributed by atoms with E-state index in [9.17, 15) is 4.39 Å². The number of fused-ring (bicyclic) bond motifs is 1. The SMILES string of the molecule is COCC(CNC1CC1)N1CCc2ccc(F)cc21. The second-order valence-corrected chi connectivity index (χ2v) is 5.51. The lowest BCUT2D eigenvalue weighted by Gasteiger charge is -2.30. The van der Waals surface area contributed by atoms with E-state index in [1.807, 2.05) is 6.07 Å².